The van der Waals surface area contributed by atoms with Gasteiger partial charge in [0.05, 0.1) is 5.92 Å². The third kappa shape index (κ3) is 1.58. The molecule has 1 heterocycles. The molecular weight excluding hydrogens is 190 g/mol. The molecule has 3 heteroatoms. The van der Waals surface area contributed by atoms with Gasteiger partial charge in [0.2, 0.25) is 0 Å². The van der Waals surface area contributed by atoms with Crippen LogP contribution in [0.25, 0.3) is 0 Å². The van der Waals surface area contributed by atoms with Gasteiger partial charge in [-0.3, -0.25) is 4.79 Å². The van der Waals surface area contributed by atoms with E-state index >= 15 is 0 Å². The highest BCUT2D eigenvalue weighted by Crippen LogP contribution is 2.37. The third-order valence-corrected chi connectivity index (χ3v) is 3.20. The Morgan fingerprint density at radius 1 is 1.33 bits per heavy atom. The Morgan fingerprint density at radius 3 is 2.67 bits per heavy atom. The van der Waals surface area contributed by atoms with Crippen LogP contribution < -0.4 is 5.32 Å². The summed E-state index contributed by atoms with van der Waals surface area (Å²) in [5.41, 5.74) is 2.16. The Hall–Kier alpha value is -1.51. The molecule has 80 valence electrons. The van der Waals surface area contributed by atoms with Crippen molar-refractivity contribution in [2.45, 2.75) is 25.8 Å². The molecule has 0 aromatic heterocycles. The number of hydrogen-bond acceptors (Lipinski definition) is 2. The summed E-state index contributed by atoms with van der Waals surface area (Å²) in [6, 6.07) is 7.89. The summed E-state index contributed by atoms with van der Waals surface area (Å²) in [7, 11) is 0. The highest BCUT2D eigenvalue weighted by atomic mass is 16.4. The number of nitrogens with one attached hydrogen (secondary N) is 1. The lowest BCUT2D eigenvalue weighted by Gasteiger charge is -2.34. The first kappa shape index (κ1) is 10.0. The first-order valence-electron chi connectivity index (χ1n) is 5.19. The van der Waals surface area contributed by atoms with Gasteiger partial charge in [0, 0.05) is 11.7 Å². The molecule has 0 saturated carbocycles. The highest BCUT2D eigenvalue weighted by molar-refractivity contribution is 5.75. The Bertz CT molecular complexity index is 389. The summed E-state index contributed by atoms with van der Waals surface area (Å²) < 4.78 is 0. The highest BCUT2D eigenvalue weighted by Gasteiger charge is 2.36. The topological polar surface area (TPSA) is 49.3 Å². The summed E-state index contributed by atoms with van der Waals surface area (Å²) in [4.78, 5) is 11.1. The van der Waals surface area contributed by atoms with Crippen LogP contribution in [0.5, 0.6) is 0 Å². The predicted octanol–water partition coefficient (Wildman–Crippen LogP) is 2.30. The van der Waals surface area contributed by atoms with Crippen LogP contribution in [0.2, 0.25) is 0 Å². The van der Waals surface area contributed by atoms with Crippen molar-refractivity contribution in [3.05, 3.63) is 29.8 Å². The summed E-state index contributed by atoms with van der Waals surface area (Å²) in [5.74, 6) is -1.01. The maximum absolute atomic E-state index is 11.1. The zero-order chi connectivity index (χ0) is 11.0. The van der Waals surface area contributed by atoms with Crippen molar-refractivity contribution >= 4 is 11.7 Å². The van der Waals surface area contributed by atoms with Gasteiger partial charge >= 0.3 is 5.97 Å². The Kier molecular flexibility index (Phi) is 2.39. The van der Waals surface area contributed by atoms with Gasteiger partial charge in [-0.2, -0.15) is 0 Å². The lowest BCUT2D eigenvalue weighted by Crippen LogP contribution is -2.39. The number of carboxylic acid groups (broad SMARTS) is 1. The molecule has 1 aliphatic heterocycles. The number of aliphatic carboxylic acids is 1. The second kappa shape index (κ2) is 3.57. The van der Waals surface area contributed by atoms with Crippen LogP contribution in [0.4, 0.5) is 5.69 Å². The molecule has 0 unspecified atom stereocenters. The lowest BCUT2D eigenvalue weighted by molar-refractivity contribution is -0.142. The summed E-state index contributed by atoms with van der Waals surface area (Å²) in [5, 5.41) is 12.4. The van der Waals surface area contributed by atoms with E-state index in [1.807, 2.05) is 38.1 Å². The SMILES string of the molecule is C[C@@H]1c2ccccc2N[C@H](C)[C@H]1C(=O)O. The fraction of sp³-hybridized carbons (Fsp3) is 0.417. The average molecular weight is 205 g/mol. The van der Waals surface area contributed by atoms with Gasteiger partial charge in [-0.1, -0.05) is 25.1 Å². The van der Waals surface area contributed by atoms with Gasteiger partial charge in [-0.25, -0.2) is 0 Å². The molecule has 0 saturated heterocycles. The van der Waals surface area contributed by atoms with Crippen molar-refractivity contribution in [1.82, 2.24) is 0 Å². The molecule has 1 aromatic carbocycles. The molecule has 15 heavy (non-hydrogen) atoms. The molecule has 0 fully saturated rings. The van der Waals surface area contributed by atoms with Gasteiger partial charge in [-0.15, -0.1) is 0 Å². The van der Waals surface area contributed by atoms with Gasteiger partial charge in [0.1, 0.15) is 0 Å². The van der Waals surface area contributed by atoms with Crippen molar-refractivity contribution in [2.24, 2.45) is 5.92 Å². The maximum Gasteiger partial charge on any atom is 0.309 e. The van der Waals surface area contributed by atoms with E-state index < -0.39 is 5.97 Å². The largest absolute Gasteiger partial charge is 0.481 e. The van der Waals surface area contributed by atoms with Crippen LogP contribution in [0.3, 0.4) is 0 Å². The first-order chi connectivity index (χ1) is 7.11. The van der Waals surface area contributed by atoms with E-state index in [1.54, 1.807) is 0 Å². The second-order valence-corrected chi connectivity index (χ2v) is 4.17. The zero-order valence-corrected chi connectivity index (χ0v) is 8.90. The Labute approximate surface area is 89.1 Å². The molecule has 0 amide bonds. The third-order valence-electron chi connectivity index (χ3n) is 3.20. The maximum atomic E-state index is 11.1. The lowest BCUT2D eigenvalue weighted by atomic mass is 9.79. The van der Waals surface area contributed by atoms with E-state index in [1.165, 1.54) is 0 Å². The minimum Gasteiger partial charge on any atom is -0.481 e. The summed E-state index contributed by atoms with van der Waals surface area (Å²) >= 11 is 0. The van der Waals surface area contributed by atoms with E-state index in [2.05, 4.69) is 5.32 Å². The molecule has 0 aliphatic carbocycles. The van der Waals surface area contributed by atoms with Crippen molar-refractivity contribution in [3.63, 3.8) is 0 Å². The summed E-state index contributed by atoms with van der Waals surface area (Å²) in [6.07, 6.45) is 0. The van der Waals surface area contributed by atoms with Gasteiger partial charge in [-0.05, 0) is 24.5 Å². The van der Waals surface area contributed by atoms with Crippen LogP contribution in [0.1, 0.15) is 25.3 Å². The normalized spacial score (nSPS) is 29.1. The minimum atomic E-state index is -0.725. The van der Waals surface area contributed by atoms with Crippen molar-refractivity contribution in [1.29, 1.82) is 0 Å². The van der Waals surface area contributed by atoms with E-state index in [-0.39, 0.29) is 17.9 Å². The molecule has 0 spiro atoms. The molecule has 3 atom stereocenters. The van der Waals surface area contributed by atoms with Crippen LogP contribution in [-0.4, -0.2) is 17.1 Å². The smallest absolute Gasteiger partial charge is 0.309 e. The number of carboxylic acids is 1. The van der Waals surface area contributed by atoms with Crippen LogP contribution in [0.15, 0.2) is 24.3 Å². The second-order valence-electron chi connectivity index (χ2n) is 4.17. The van der Waals surface area contributed by atoms with E-state index in [0.717, 1.165) is 11.3 Å². The monoisotopic (exact) mass is 205 g/mol. The van der Waals surface area contributed by atoms with Crippen LogP contribution in [-0.2, 0) is 4.79 Å². The van der Waals surface area contributed by atoms with E-state index in [9.17, 15) is 4.79 Å². The number of hydrogen-bond donors (Lipinski definition) is 2. The number of benzene rings is 1. The first-order valence-corrected chi connectivity index (χ1v) is 5.19. The molecule has 0 radical (unpaired) electrons. The number of fused-ring (bicyclic) bond motifs is 1. The van der Waals surface area contributed by atoms with Gasteiger partial charge in [0.25, 0.3) is 0 Å². The van der Waals surface area contributed by atoms with Gasteiger partial charge < -0.3 is 10.4 Å². The van der Waals surface area contributed by atoms with Gasteiger partial charge in [0.15, 0.2) is 0 Å². The fourth-order valence-corrected chi connectivity index (χ4v) is 2.41. The zero-order valence-electron chi connectivity index (χ0n) is 8.90. The number of carbonyl (C=O) groups is 1. The number of anilines is 1. The molecular formula is C12H15NO2. The van der Waals surface area contributed by atoms with Crippen LogP contribution in [0, 0.1) is 5.92 Å². The molecule has 2 rings (SSSR count). The van der Waals surface area contributed by atoms with Crippen molar-refractivity contribution in [3.8, 4) is 0 Å². The van der Waals surface area contributed by atoms with Crippen molar-refractivity contribution in [2.75, 3.05) is 5.32 Å². The Morgan fingerprint density at radius 2 is 2.00 bits per heavy atom. The van der Waals surface area contributed by atoms with E-state index in [4.69, 9.17) is 5.11 Å². The fourth-order valence-electron chi connectivity index (χ4n) is 2.41. The quantitative estimate of drug-likeness (QED) is 0.739. The van der Waals surface area contributed by atoms with Crippen molar-refractivity contribution < 1.29 is 9.90 Å². The predicted molar refractivity (Wildman–Crippen MR) is 59.1 cm³/mol. The standard InChI is InChI=1S/C12H15NO2/c1-7-9-5-3-4-6-10(9)13-8(2)11(7)12(14)15/h3-8,11,13H,1-2H3,(H,14,15)/t7-,8-,11+/m1/s1. The Balaban J connectivity index is 2.42. The molecule has 1 aromatic rings. The number of rotatable bonds is 1. The molecule has 2 N–H and O–H groups in total. The molecule has 0 bridgehead atoms. The average Bonchev–Trinajstić information content (AvgIpc) is 2.17. The molecule has 3 nitrogen and oxygen atoms in total. The number of para-hydroxylation sites is 1. The van der Waals surface area contributed by atoms with E-state index in [0.29, 0.717) is 0 Å². The molecule has 1 aliphatic rings. The summed E-state index contributed by atoms with van der Waals surface area (Å²) in [6.45, 7) is 3.90. The minimum absolute atomic E-state index is 0.0209. The van der Waals surface area contributed by atoms with Crippen LogP contribution >= 0.6 is 0 Å².